The Kier molecular flexibility index (Phi) is 3.20. The van der Waals surface area contributed by atoms with Crippen molar-refractivity contribution in [2.75, 3.05) is 7.11 Å². The lowest BCUT2D eigenvalue weighted by Crippen LogP contribution is -2.26. The van der Waals surface area contributed by atoms with Crippen molar-refractivity contribution in [1.29, 1.82) is 0 Å². The SMILES string of the molecule is COC(=O)c1cc(S(=O)(=O)NC2CC2)c(C)n1C. The standard InChI is InChI=1S/C11H16N2O4S/c1-7-10(18(15,16)12-8-4-5-8)6-9(13(7)2)11(14)17-3/h6,8,12H,4-5H2,1-3H3. The van der Waals surface area contributed by atoms with Crippen molar-refractivity contribution < 1.29 is 17.9 Å². The Morgan fingerprint density at radius 1 is 1.50 bits per heavy atom. The van der Waals surface area contributed by atoms with Gasteiger partial charge in [-0.2, -0.15) is 0 Å². The molecule has 2 rings (SSSR count). The zero-order valence-electron chi connectivity index (χ0n) is 10.6. The Balaban J connectivity index is 2.42. The van der Waals surface area contributed by atoms with Crippen LogP contribution in [0.25, 0.3) is 0 Å². The number of hydrogen-bond donors (Lipinski definition) is 1. The Labute approximate surface area is 106 Å². The first-order chi connectivity index (χ1) is 8.36. The molecule has 1 fully saturated rings. The van der Waals surface area contributed by atoms with E-state index in [0.717, 1.165) is 12.8 Å². The van der Waals surface area contributed by atoms with Crippen LogP contribution in [0.15, 0.2) is 11.0 Å². The minimum atomic E-state index is -3.55. The lowest BCUT2D eigenvalue weighted by molar-refractivity contribution is 0.0589. The molecule has 0 unspecified atom stereocenters. The van der Waals surface area contributed by atoms with Gasteiger partial charge in [0.25, 0.3) is 0 Å². The summed E-state index contributed by atoms with van der Waals surface area (Å²) < 4.78 is 32.9. The van der Waals surface area contributed by atoms with Crippen LogP contribution in [0.2, 0.25) is 0 Å². The fourth-order valence-electron chi connectivity index (χ4n) is 1.73. The zero-order chi connectivity index (χ0) is 13.5. The van der Waals surface area contributed by atoms with Gasteiger partial charge >= 0.3 is 5.97 Å². The number of aromatic nitrogens is 1. The van der Waals surface area contributed by atoms with Crippen LogP contribution >= 0.6 is 0 Å². The first-order valence-electron chi connectivity index (χ1n) is 5.64. The van der Waals surface area contributed by atoms with E-state index in [2.05, 4.69) is 9.46 Å². The van der Waals surface area contributed by atoms with Gasteiger partial charge in [-0.15, -0.1) is 0 Å². The summed E-state index contributed by atoms with van der Waals surface area (Å²) in [6, 6.07) is 1.39. The minimum Gasteiger partial charge on any atom is -0.464 e. The molecule has 0 aliphatic heterocycles. The van der Waals surface area contributed by atoms with Crippen molar-refractivity contribution in [2.45, 2.75) is 30.7 Å². The predicted octanol–water partition coefficient (Wildman–Crippen LogP) is 0.561. The van der Waals surface area contributed by atoms with Crippen LogP contribution in [-0.4, -0.2) is 32.1 Å². The summed E-state index contributed by atoms with van der Waals surface area (Å²) in [6.07, 6.45) is 1.74. The molecule has 1 saturated carbocycles. The van der Waals surface area contributed by atoms with Crippen molar-refractivity contribution in [2.24, 2.45) is 7.05 Å². The summed E-state index contributed by atoms with van der Waals surface area (Å²) >= 11 is 0. The molecule has 0 atom stereocenters. The molecule has 0 radical (unpaired) electrons. The molecule has 1 aromatic rings. The van der Waals surface area contributed by atoms with E-state index in [9.17, 15) is 13.2 Å². The molecular weight excluding hydrogens is 256 g/mol. The summed E-state index contributed by atoms with van der Waals surface area (Å²) in [5, 5.41) is 0. The lowest BCUT2D eigenvalue weighted by Gasteiger charge is -2.05. The number of sulfonamides is 1. The molecule has 1 heterocycles. The van der Waals surface area contributed by atoms with Crippen LogP contribution in [0.3, 0.4) is 0 Å². The van der Waals surface area contributed by atoms with Crippen molar-refractivity contribution in [1.82, 2.24) is 9.29 Å². The normalized spacial score (nSPS) is 15.7. The quantitative estimate of drug-likeness (QED) is 0.812. The molecule has 1 aromatic heterocycles. The molecule has 1 aliphatic carbocycles. The van der Waals surface area contributed by atoms with E-state index in [1.54, 1.807) is 14.0 Å². The van der Waals surface area contributed by atoms with Crippen LogP contribution in [0, 0.1) is 6.92 Å². The van der Waals surface area contributed by atoms with Gasteiger partial charge in [-0.3, -0.25) is 0 Å². The number of nitrogens with zero attached hydrogens (tertiary/aromatic N) is 1. The van der Waals surface area contributed by atoms with Gasteiger partial charge in [-0.1, -0.05) is 0 Å². The summed E-state index contributed by atoms with van der Waals surface area (Å²) in [5.41, 5.74) is 0.745. The third-order valence-corrected chi connectivity index (χ3v) is 4.71. The lowest BCUT2D eigenvalue weighted by atomic mass is 10.4. The molecule has 18 heavy (non-hydrogen) atoms. The van der Waals surface area contributed by atoms with Gasteiger partial charge in [0.15, 0.2) is 0 Å². The monoisotopic (exact) mass is 272 g/mol. The van der Waals surface area contributed by atoms with E-state index in [4.69, 9.17) is 0 Å². The van der Waals surface area contributed by atoms with E-state index < -0.39 is 16.0 Å². The maximum Gasteiger partial charge on any atom is 0.354 e. The third kappa shape index (κ3) is 2.28. The zero-order valence-corrected chi connectivity index (χ0v) is 11.4. The molecule has 0 spiro atoms. The summed E-state index contributed by atoms with van der Waals surface area (Å²) in [5.74, 6) is -0.548. The summed E-state index contributed by atoms with van der Waals surface area (Å²) in [4.78, 5) is 11.6. The van der Waals surface area contributed by atoms with Gasteiger partial charge in [0.2, 0.25) is 10.0 Å². The molecular formula is C11H16N2O4S. The number of rotatable bonds is 4. The fraction of sp³-hybridized carbons (Fsp3) is 0.545. The number of ether oxygens (including phenoxy) is 1. The number of nitrogens with one attached hydrogen (secondary N) is 1. The number of hydrogen-bond acceptors (Lipinski definition) is 4. The topological polar surface area (TPSA) is 77.4 Å². The Bertz CT molecular complexity index is 584. The molecule has 7 heteroatoms. The number of carbonyl (C=O) groups excluding carboxylic acids is 1. The maximum atomic E-state index is 12.1. The highest BCUT2D eigenvalue weighted by Gasteiger charge is 2.31. The van der Waals surface area contributed by atoms with Crippen LogP contribution in [-0.2, 0) is 21.8 Å². The average Bonchev–Trinajstić information content (AvgIpc) is 3.05. The first-order valence-corrected chi connectivity index (χ1v) is 7.12. The van der Waals surface area contributed by atoms with Crippen molar-refractivity contribution >= 4 is 16.0 Å². The van der Waals surface area contributed by atoms with Crippen LogP contribution in [0.5, 0.6) is 0 Å². The molecule has 100 valence electrons. The smallest absolute Gasteiger partial charge is 0.354 e. The molecule has 0 bridgehead atoms. The largest absolute Gasteiger partial charge is 0.464 e. The van der Waals surface area contributed by atoms with Crippen molar-refractivity contribution in [3.05, 3.63) is 17.5 Å². The van der Waals surface area contributed by atoms with Crippen molar-refractivity contribution in [3.63, 3.8) is 0 Å². The van der Waals surface area contributed by atoms with E-state index in [0.29, 0.717) is 5.69 Å². The van der Waals surface area contributed by atoms with E-state index in [1.165, 1.54) is 17.7 Å². The Morgan fingerprint density at radius 3 is 2.61 bits per heavy atom. The fourth-order valence-corrected chi connectivity index (χ4v) is 3.32. The van der Waals surface area contributed by atoms with E-state index >= 15 is 0 Å². The van der Waals surface area contributed by atoms with Gasteiger partial charge in [0.05, 0.1) is 7.11 Å². The van der Waals surface area contributed by atoms with Gasteiger partial charge in [0, 0.05) is 18.8 Å². The van der Waals surface area contributed by atoms with Crippen LogP contribution in [0.4, 0.5) is 0 Å². The Morgan fingerprint density at radius 2 is 2.11 bits per heavy atom. The molecule has 0 aromatic carbocycles. The van der Waals surface area contributed by atoms with Gasteiger partial charge in [-0.05, 0) is 25.8 Å². The van der Waals surface area contributed by atoms with Crippen LogP contribution < -0.4 is 4.72 Å². The van der Waals surface area contributed by atoms with Gasteiger partial charge < -0.3 is 9.30 Å². The second-order valence-electron chi connectivity index (χ2n) is 4.43. The van der Waals surface area contributed by atoms with E-state index in [-0.39, 0.29) is 16.6 Å². The third-order valence-electron chi connectivity index (χ3n) is 3.07. The maximum absolute atomic E-state index is 12.1. The number of methoxy groups -OCH3 is 1. The molecule has 0 amide bonds. The number of esters is 1. The minimum absolute atomic E-state index is 0.0381. The number of carbonyl (C=O) groups is 1. The first kappa shape index (κ1) is 13.1. The summed E-state index contributed by atoms with van der Waals surface area (Å²) in [6.45, 7) is 1.66. The van der Waals surface area contributed by atoms with Gasteiger partial charge in [-0.25, -0.2) is 17.9 Å². The second kappa shape index (κ2) is 4.40. The molecule has 6 nitrogen and oxygen atoms in total. The van der Waals surface area contributed by atoms with E-state index in [1.807, 2.05) is 0 Å². The molecule has 0 saturated heterocycles. The van der Waals surface area contributed by atoms with Crippen LogP contribution in [0.1, 0.15) is 29.0 Å². The highest BCUT2D eigenvalue weighted by molar-refractivity contribution is 7.89. The average molecular weight is 272 g/mol. The Hall–Kier alpha value is -1.34. The second-order valence-corrected chi connectivity index (χ2v) is 6.11. The molecule has 1 aliphatic rings. The summed E-state index contributed by atoms with van der Waals surface area (Å²) in [7, 11) is -0.648. The highest BCUT2D eigenvalue weighted by Crippen LogP contribution is 2.25. The highest BCUT2D eigenvalue weighted by atomic mass is 32.2. The van der Waals surface area contributed by atoms with Crippen molar-refractivity contribution in [3.8, 4) is 0 Å². The van der Waals surface area contributed by atoms with Gasteiger partial charge in [0.1, 0.15) is 10.6 Å². The molecule has 1 N–H and O–H groups in total. The predicted molar refractivity (Wildman–Crippen MR) is 64.8 cm³/mol.